The van der Waals surface area contributed by atoms with Crippen molar-refractivity contribution in [3.05, 3.63) is 47.4 Å². The molecule has 0 saturated carbocycles. The van der Waals surface area contributed by atoms with E-state index in [1.807, 2.05) is 0 Å². The highest BCUT2D eigenvalue weighted by molar-refractivity contribution is 5.89. The zero-order chi connectivity index (χ0) is 22.2. The molecule has 2 aliphatic rings. The number of amides is 2. The monoisotopic (exact) mass is 434 g/mol. The highest BCUT2D eigenvalue weighted by Crippen LogP contribution is 2.21. The van der Waals surface area contributed by atoms with Gasteiger partial charge in [-0.2, -0.15) is 0 Å². The van der Waals surface area contributed by atoms with Crippen LogP contribution in [0.25, 0.3) is 0 Å². The maximum Gasteiger partial charge on any atom is 0.514 e. The van der Waals surface area contributed by atoms with Crippen molar-refractivity contribution in [3.63, 3.8) is 0 Å². The second-order valence-electron chi connectivity index (χ2n) is 6.10. The summed E-state index contributed by atoms with van der Waals surface area (Å²) in [4.78, 5) is 45.4. The molecule has 0 unspecified atom stereocenters. The van der Waals surface area contributed by atoms with E-state index in [0.29, 0.717) is 11.4 Å². The summed E-state index contributed by atoms with van der Waals surface area (Å²) in [6.45, 7) is 1.48. The predicted octanol–water partition coefficient (Wildman–Crippen LogP) is 3.19. The molecule has 2 saturated heterocycles. The van der Waals surface area contributed by atoms with Gasteiger partial charge in [-0.3, -0.25) is 10.6 Å². The highest BCUT2D eigenvalue weighted by Gasteiger charge is 2.19. The van der Waals surface area contributed by atoms with Crippen molar-refractivity contribution in [1.82, 2.24) is 0 Å². The minimum Gasteiger partial charge on any atom is -0.445 e. The van der Waals surface area contributed by atoms with Gasteiger partial charge >= 0.3 is 24.5 Å². The van der Waals surface area contributed by atoms with E-state index < -0.39 is 24.5 Å². The van der Waals surface area contributed by atoms with E-state index in [2.05, 4.69) is 20.1 Å². The second-order valence-corrected chi connectivity index (χ2v) is 6.10. The smallest absolute Gasteiger partial charge is 0.445 e. The fourth-order valence-corrected chi connectivity index (χ4v) is 2.35. The molecular weight excluding hydrogens is 416 g/mol. The normalized spacial score (nSPS) is 17.5. The third-order valence-corrected chi connectivity index (χ3v) is 3.86. The van der Waals surface area contributed by atoms with Crippen molar-refractivity contribution in [1.29, 1.82) is 0 Å². The zero-order valence-electron chi connectivity index (χ0n) is 16.3. The number of ether oxygens (including phenoxy) is 6. The van der Waals surface area contributed by atoms with Gasteiger partial charge in [0.1, 0.15) is 24.7 Å². The summed E-state index contributed by atoms with van der Waals surface area (Å²) in [7, 11) is 0. The molecule has 0 aromatic heterocycles. The lowest BCUT2D eigenvalue weighted by atomic mass is 10.2. The molecule has 1 aromatic carbocycles. The van der Waals surface area contributed by atoms with Gasteiger partial charge in [-0.15, -0.1) is 0 Å². The molecule has 12 heteroatoms. The molecule has 2 fully saturated rings. The molecule has 0 aliphatic carbocycles. The summed E-state index contributed by atoms with van der Waals surface area (Å²) in [5, 5.41) is 5.06. The van der Waals surface area contributed by atoms with Crippen molar-refractivity contribution in [2.75, 3.05) is 37.1 Å². The van der Waals surface area contributed by atoms with E-state index in [4.69, 9.17) is 18.9 Å². The van der Waals surface area contributed by atoms with Gasteiger partial charge in [0.05, 0.1) is 0 Å². The van der Waals surface area contributed by atoms with E-state index in [1.165, 1.54) is 18.2 Å². The molecule has 1 aromatic rings. The molecule has 3 rings (SSSR count). The van der Waals surface area contributed by atoms with Crippen LogP contribution >= 0.6 is 0 Å². The van der Waals surface area contributed by atoms with Crippen LogP contribution in [0.4, 0.5) is 30.6 Å². The van der Waals surface area contributed by atoms with Gasteiger partial charge in [0, 0.05) is 11.4 Å². The summed E-state index contributed by atoms with van der Waals surface area (Å²) >= 11 is 0. The van der Waals surface area contributed by atoms with Crippen molar-refractivity contribution in [3.8, 4) is 0 Å². The van der Waals surface area contributed by atoms with Crippen LogP contribution < -0.4 is 10.6 Å². The van der Waals surface area contributed by atoms with Crippen LogP contribution in [0.5, 0.6) is 0 Å². The summed E-state index contributed by atoms with van der Waals surface area (Å²) < 4.78 is 28.5. The molecule has 2 heterocycles. The highest BCUT2D eigenvalue weighted by atomic mass is 16.8. The number of nitrogens with one attached hydrogen (secondary N) is 2. The summed E-state index contributed by atoms with van der Waals surface area (Å²) in [5.41, 5.74) is 1.50. The molecule has 0 radical (unpaired) electrons. The Bertz CT molecular complexity index is 953. The van der Waals surface area contributed by atoms with Crippen LogP contribution in [0, 0.1) is 6.92 Å². The molecule has 0 bridgehead atoms. The second kappa shape index (κ2) is 10.0. The van der Waals surface area contributed by atoms with Gasteiger partial charge < -0.3 is 28.4 Å². The molecule has 12 nitrogen and oxygen atoms in total. The van der Waals surface area contributed by atoms with Gasteiger partial charge in [-0.25, -0.2) is 19.2 Å². The van der Waals surface area contributed by atoms with Crippen LogP contribution in [0.2, 0.25) is 0 Å². The number of carbonyl (C=O) groups excluding carboxylic acids is 4. The quantitative estimate of drug-likeness (QED) is 0.505. The number of rotatable bonds is 6. The SMILES string of the molecule is Cc1ccc(NC(=O)OCC=C2COC(=O)O2)cc1NC(=O)OC/C=C1\COC(=O)O1. The Labute approximate surface area is 175 Å². The molecule has 31 heavy (non-hydrogen) atoms. The number of hydrogen-bond acceptors (Lipinski definition) is 10. The van der Waals surface area contributed by atoms with E-state index in [-0.39, 0.29) is 37.9 Å². The Morgan fingerprint density at radius 3 is 2.00 bits per heavy atom. The molecule has 0 atom stereocenters. The van der Waals surface area contributed by atoms with Crippen LogP contribution in [-0.2, 0) is 28.4 Å². The molecule has 2 amide bonds. The average molecular weight is 434 g/mol. The third kappa shape index (κ3) is 6.66. The number of cyclic esters (lactones) is 4. The van der Waals surface area contributed by atoms with E-state index in [1.54, 1.807) is 19.1 Å². The van der Waals surface area contributed by atoms with Crippen molar-refractivity contribution >= 4 is 35.9 Å². The molecule has 164 valence electrons. The minimum atomic E-state index is -0.804. The zero-order valence-corrected chi connectivity index (χ0v) is 16.3. The number of benzene rings is 1. The first-order valence-corrected chi connectivity index (χ1v) is 8.94. The number of hydrogen-bond donors (Lipinski definition) is 2. The van der Waals surface area contributed by atoms with Crippen molar-refractivity contribution in [2.24, 2.45) is 0 Å². The van der Waals surface area contributed by atoms with Crippen LogP contribution in [0.3, 0.4) is 0 Å². The molecule has 0 spiro atoms. The van der Waals surface area contributed by atoms with Crippen molar-refractivity contribution in [2.45, 2.75) is 6.92 Å². The number of carbonyl (C=O) groups is 4. The maximum absolute atomic E-state index is 12.0. The van der Waals surface area contributed by atoms with E-state index in [0.717, 1.165) is 5.56 Å². The Morgan fingerprint density at radius 2 is 1.48 bits per heavy atom. The first-order valence-electron chi connectivity index (χ1n) is 8.94. The fraction of sp³-hybridized carbons (Fsp3) is 0.263. The maximum atomic E-state index is 12.0. The standard InChI is InChI=1S/C19H18N2O10/c1-11-2-3-12(20-16(22)26-6-4-13-9-28-18(24)30-13)8-15(11)21-17(23)27-7-5-14-10-29-19(25)31-14/h2-5,8H,6-7,9-10H2,1H3,(H,20,22)(H,21,23)/b13-4?,14-5+. The third-order valence-electron chi connectivity index (χ3n) is 3.86. The summed E-state index contributed by atoms with van der Waals surface area (Å²) in [5.74, 6) is 0.514. The van der Waals surface area contributed by atoms with Gasteiger partial charge in [0.25, 0.3) is 0 Å². The Kier molecular flexibility index (Phi) is 6.93. The number of aryl methyl sites for hydroxylation is 1. The first-order chi connectivity index (χ1) is 14.9. The lowest BCUT2D eigenvalue weighted by Gasteiger charge is -2.11. The van der Waals surface area contributed by atoms with Gasteiger partial charge in [0.15, 0.2) is 13.2 Å². The number of anilines is 2. The van der Waals surface area contributed by atoms with E-state index in [9.17, 15) is 19.2 Å². The first kappa shape index (κ1) is 21.5. The fourth-order valence-electron chi connectivity index (χ4n) is 2.35. The van der Waals surface area contributed by atoms with Crippen LogP contribution in [0.15, 0.2) is 41.9 Å². The van der Waals surface area contributed by atoms with Crippen molar-refractivity contribution < 1.29 is 47.6 Å². The minimum absolute atomic E-state index is 0.0110. The predicted molar refractivity (Wildman–Crippen MR) is 102 cm³/mol. The molecular formula is C19H18N2O10. The lowest BCUT2D eigenvalue weighted by molar-refractivity contribution is 0.134. The Balaban J connectivity index is 1.46. The molecule has 2 aliphatic heterocycles. The Morgan fingerprint density at radius 1 is 0.935 bits per heavy atom. The van der Waals surface area contributed by atoms with Crippen LogP contribution in [-0.4, -0.2) is 50.9 Å². The van der Waals surface area contributed by atoms with Gasteiger partial charge in [0.2, 0.25) is 0 Å². The average Bonchev–Trinajstić information content (AvgIpc) is 3.32. The largest absolute Gasteiger partial charge is 0.514 e. The van der Waals surface area contributed by atoms with Gasteiger partial charge in [-0.1, -0.05) is 6.07 Å². The molecule has 2 N–H and O–H groups in total. The topological polar surface area (TPSA) is 148 Å². The van der Waals surface area contributed by atoms with E-state index >= 15 is 0 Å². The summed E-state index contributed by atoms with van der Waals surface area (Å²) in [6.07, 6.45) is -0.303. The lowest BCUT2D eigenvalue weighted by Crippen LogP contribution is -2.16. The van der Waals surface area contributed by atoms with Crippen LogP contribution in [0.1, 0.15) is 5.56 Å². The van der Waals surface area contributed by atoms with Gasteiger partial charge in [-0.05, 0) is 36.8 Å². The Hall–Kier alpha value is -4.22. The summed E-state index contributed by atoms with van der Waals surface area (Å²) in [6, 6.07) is 4.82.